The van der Waals surface area contributed by atoms with Crippen molar-refractivity contribution in [3.63, 3.8) is 0 Å². The van der Waals surface area contributed by atoms with E-state index in [2.05, 4.69) is 31.1 Å². The van der Waals surface area contributed by atoms with E-state index < -0.39 is 5.60 Å². The van der Waals surface area contributed by atoms with Gasteiger partial charge in [-0.25, -0.2) is 4.79 Å². The second-order valence-electron chi connectivity index (χ2n) is 5.43. The molecule has 0 rings (SSSR count). The Morgan fingerprint density at radius 2 is 2.00 bits per heavy atom. The minimum atomic E-state index is -0.464. The molecule has 0 aliphatic carbocycles. The molecule has 0 saturated heterocycles. The van der Waals surface area contributed by atoms with Gasteiger partial charge in [-0.3, -0.25) is 0 Å². The molecule has 0 spiro atoms. The topological polar surface area (TPSA) is 50.4 Å². The summed E-state index contributed by atoms with van der Waals surface area (Å²) >= 11 is 0. The van der Waals surface area contributed by atoms with Gasteiger partial charge in [-0.05, 0) is 27.2 Å². The summed E-state index contributed by atoms with van der Waals surface area (Å²) in [5.74, 6) is 0. The fourth-order valence-electron chi connectivity index (χ4n) is 1.25. The molecule has 0 saturated carbocycles. The molecule has 0 radical (unpaired) electrons. The largest absolute Gasteiger partial charge is 0.444 e. The van der Waals surface area contributed by atoms with Gasteiger partial charge in [0.05, 0.1) is 0 Å². The lowest BCUT2D eigenvalue weighted by atomic mass is 10.2. The van der Waals surface area contributed by atoms with E-state index >= 15 is 0 Å². The summed E-state index contributed by atoms with van der Waals surface area (Å²) in [5.41, 5.74) is -0.464. The molecule has 100 valence electrons. The number of carbonyl (C=O) groups is 1. The third kappa shape index (κ3) is 9.87. The number of carbonyl (C=O) groups excluding carboxylic acids is 1. The second-order valence-corrected chi connectivity index (χ2v) is 5.43. The van der Waals surface area contributed by atoms with Crippen molar-refractivity contribution >= 4 is 6.09 Å². The van der Waals surface area contributed by atoms with E-state index in [0.717, 1.165) is 6.42 Å². The predicted octanol–water partition coefficient (Wildman–Crippen LogP) is 2.45. The first-order valence-corrected chi connectivity index (χ1v) is 6.08. The van der Waals surface area contributed by atoms with Crippen molar-refractivity contribution in [1.29, 1.82) is 0 Å². The lowest BCUT2D eigenvalue weighted by Gasteiger charge is -2.24. The van der Waals surface area contributed by atoms with E-state index in [4.69, 9.17) is 4.74 Å². The van der Waals surface area contributed by atoms with Crippen LogP contribution in [0.2, 0.25) is 0 Å². The van der Waals surface area contributed by atoms with Crippen molar-refractivity contribution in [3.8, 4) is 0 Å². The number of rotatable bonds is 6. The Kier molecular flexibility index (Phi) is 6.88. The Morgan fingerprint density at radius 3 is 2.41 bits per heavy atom. The van der Waals surface area contributed by atoms with Crippen LogP contribution in [0.15, 0.2) is 12.7 Å². The van der Waals surface area contributed by atoms with Crippen molar-refractivity contribution < 1.29 is 9.53 Å². The van der Waals surface area contributed by atoms with Gasteiger partial charge in [0.2, 0.25) is 0 Å². The third-order valence-corrected chi connectivity index (χ3v) is 1.94. The molecule has 0 unspecified atom stereocenters. The van der Waals surface area contributed by atoms with Crippen LogP contribution in [0.25, 0.3) is 0 Å². The van der Waals surface area contributed by atoms with Crippen LogP contribution in [0.1, 0.15) is 41.0 Å². The molecule has 0 aromatic rings. The average Bonchev–Trinajstić information content (AvgIpc) is 2.11. The van der Waals surface area contributed by atoms with Crippen LogP contribution in [0, 0.1) is 0 Å². The van der Waals surface area contributed by atoms with E-state index in [0.29, 0.717) is 12.6 Å². The second kappa shape index (κ2) is 7.33. The van der Waals surface area contributed by atoms with E-state index in [1.165, 1.54) is 0 Å². The lowest BCUT2D eigenvalue weighted by molar-refractivity contribution is 0.0504. The van der Waals surface area contributed by atoms with E-state index in [-0.39, 0.29) is 12.1 Å². The van der Waals surface area contributed by atoms with Gasteiger partial charge in [0.15, 0.2) is 0 Å². The van der Waals surface area contributed by atoms with E-state index in [9.17, 15) is 4.79 Å². The molecule has 2 N–H and O–H groups in total. The molecule has 4 nitrogen and oxygen atoms in total. The Balaban J connectivity index is 4.14. The third-order valence-electron chi connectivity index (χ3n) is 1.94. The SMILES string of the molecule is C=CC[C@@H](CNC(C)C)NC(=O)OC(C)(C)C. The standard InChI is InChI=1S/C13H26N2O2/c1-7-8-11(9-14-10(2)3)15-12(16)17-13(4,5)6/h7,10-11,14H,1,8-9H2,2-6H3,(H,15,16)/t11-/m0/s1. The normalized spacial score (nSPS) is 13.3. The zero-order chi connectivity index (χ0) is 13.5. The summed E-state index contributed by atoms with van der Waals surface area (Å²) in [5, 5.41) is 6.12. The molecular formula is C13H26N2O2. The Bertz CT molecular complexity index is 244. The maximum absolute atomic E-state index is 11.6. The molecule has 0 aromatic carbocycles. The molecule has 0 heterocycles. The fourth-order valence-corrected chi connectivity index (χ4v) is 1.25. The molecule has 0 fully saturated rings. The van der Waals surface area contributed by atoms with Crippen molar-refractivity contribution in [1.82, 2.24) is 10.6 Å². The summed E-state index contributed by atoms with van der Waals surface area (Å²) in [7, 11) is 0. The smallest absolute Gasteiger partial charge is 0.407 e. The predicted molar refractivity (Wildman–Crippen MR) is 71.1 cm³/mol. The number of nitrogens with one attached hydrogen (secondary N) is 2. The molecule has 1 amide bonds. The van der Waals surface area contributed by atoms with Gasteiger partial charge in [0.25, 0.3) is 0 Å². The molecule has 0 aliphatic heterocycles. The van der Waals surface area contributed by atoms with Gasteiger partial charge < -0.3 is 15.4 Å². The van der Waals surface area contributed by atoms with Crippen molar-refractivity contribution in [2.45, 2.75) is 58.7 Å². The van der Waals surface area contributed by atoms with Crippen LogP contribution in [0.3, 0.4) is 0 Å². The molecular weight excluding hydrogens is 216 g/mol. The van der Waals surface area contributed by atoms with Crippen LogP contribution in [0.5, 0.6) is 0 Å². The minimum absolute atomic E-state index is 0.0183. The Hall–Kier alpha value is -1.03. The van der Waals surface area contributed by atoms with Gasteiger partial charge in [-0.1, -0.05) is 19.9 Å². The van der Waals surface area contributed by atoms with Gasteiger partial charge in [0.1, 0.15) is 5.60 Å². The maximum Gasteiger partial charge on any atom is 0.407 e. The quantitative estimate of drug-likeness (QED) is 0.703. The number of hydrogen-bond acceptors (Lipinski definition) is 3. The number of amides is 1. The lowest BCUT2D eigenvalue weighted by Crippen LogP contribution is -2.45. The van der Waals surface area contributed by atoms with Gasteiger partial charge >= 0.3 is 6.09 Å². The van der Waals surface area contributed by atoms with Crippen LogP contribution in [0.4, 0.5) is 4.79 Å². The van der Waals surface area contributed by atoms with E-state index in [1.807, 2.05) is 20.8 Å². The van der Waals surface area contributed by atoms with Gasteiger partial charge in [-0.2, -0.15) is 0 Å². The monoisotopic (exact) mass is 242 g/mol. The van der Waals surface area contributed by atoms with Crippen LogP contribution in [-0.2, 0) is 4.74 Å². The number of alkyl carbamates (subject to hydrolysis) is 1. The maximum atomic E-state index is 11.6. The van der Waals surface area contributed by atoms with Crippen LogP contribution < -0.4 is 10.6 Å². The van der Waals surface area contributed by atoms with Crippen LogP contribution >= 0.6 is 0 Å². The highest BCUT2D eigenvalue weighted by atomic mass is 16.6. The van der Waals surface area contributed by atoms with E-state index in [1.54, 1.807) is 6.08 Å². The van der Waals surface area contributed by atoms with Crippen LogP contribution in [-0.4, -0.2) is 30.3 Å². The Morgan fingerprint density at radius 1 is 1.41 bits per heavy atom. The highest BCUT2D eigenvalue weighted by Crippen LogP contribution is 2.07. The minimum Gasteiger partial charge on any atom is -0.444 e. The summed E-state index contributed by atoms with van der Waals surface area (Å²) in [6.07, 6.45) is 2.14. The van der Waals surface area contributed by atoms with Gasteiger partial charge in [0, 0.05) is 18.6 Å². The first kappa shape index (κ1) is 16.0. The highest BCUT2D eigenvalue weighted by molar-refractivity contribution is 5.68. The summed E-state index contributed by atoms with van der Waals surface area (Å²) in [6.45, 7) is 14.1. The number of ether oxygens (including phenoxy) is 1. The van der Waals surface area contributed by atoms with Crippen molar-refractivity contribution in [3.05, 3.63) is 12.7 Å². The van der Waals surface area contributed by atoms with Crippen molar-refractivity contribution in [2.75, 3.05) is 6.54 Å². The molecule has 0 bridgehead atoms. The molecule has 17 heavy (non-hydrogen) atoms. The van der Waals surface area contributed by atoms with Crippen molar-refractivity contribution in [2.24, 2.45) is 0 Å². The summed E-state index contributed by atoms with van der Waals surface area (Å²) < 4.78 is 5.21. The average molecular weight is 242 g/mol. The zero-order valence-electron chi connectivity index (χ0n) is 11.7. The molecule has 0 aliphatic rings. The fraction of sp³-hybridized carbons (Fsp3) is 0.769. The van der Waals surface area contributed by atoms with Gasteiger partial charge in [-0.15, -0.1) is 6.58 Å². The molecule has 4 heteroatoms. The summed E-state index contributed by atoms with van der Waals surface area (Å²) in [6, 6.07) is 0.410. The number of hydrogen-bond donors (Lipinski definition) is 2. The molecule has 0 aromatic heterocycles. The Labute approximate surface area is 105 Å². The first-order valence-electron chi connectivity index (χ1n) is 6.08. The first-order chi connectivity index (χ1) is 7.74. The summed E-state index contributed by atoms with van der Waals surface area (Å²) in [4.78, 5) is 11.6. The molecule has 1 atom stereocenters. The highest BCUT2D eigenvalue weighted by Gasteiger charge is 2.18. The zero-order valence-corrected chi connectivity index (χ0v) is 11.7.